The van der Waals surface area contributed by atoms with Crippen molar-refractivity contribution >= 4 is 6.34 Å². The lowest BCUT2D eigenvalue weighted by Crippen LogP contribution is -2.42. The van der Waals surface area contributed by atoms with Crippen LogP contribution in [0.4, 0.5) is 0 Å². The maximum absolute atomic E-state index is 4.11. The molecule has 2 heteroatoms. The van der Waals surface area contributed by atoms with Crippen LogP contribution >= 0.6 is 0 Å². The largest absolute Gasteiger partial charge is 0.356 e. The van der Waals surface area contributed by atoms with Crippen molar-refractivity contribution in [3.63, 3.8) is 0 Å². The monoisotopic (exact) mass is 166 g/mol. The number of hydrogen-bond acceptors (Lipinski definition) is 2. The van der Waals surface area contributed by atoms with Crippen molar-refractivity contribution in [3.8, 4) is 0 Å². The summed E-state index contributed by atoms with van der Waals surface area (Å²) in [5.74, 6) is 0. The standard InChI is InChI=1S/C10H18N2/c1-5-12-8-11-7-6-9(12)10(2,3)4/h6-9H,5H2,1-4H3. The molecule has 0 aromatic heterocycles. The molecule has 0 bridgehead atoms. The summed E-state index contributed by atoms with van der Waals surface area (Å²) < 4.78 is 0. The zero-order valence-corrected chi connectivity index (χ0v) is 8.41. The van der Waals surface area contributed by atoms with Crippen LogP contribution in [0.5, 0.6) is 0 Å². The Morgan fingerprint density at radius 3 is 2.50 bits per heavy atom. The summed E-state index contributed by atoms with van der Waals surface area (Å²) in [6.07, 6.45) is 5.99. The lowest BCUT2D eigenvalue weighted by atomic mass is 9.85. The van der Waals surface area contributed by atoms with E-state index >= 15 is 0 Å². The molecule has 0 amide bonds. The first-order chi connectivity index (χ1) is 5.55. The first-order valence-electron chi connectivity index (χ1n) is 4.51. The summed E-state index contributed by atoms with van der Waals surface area (Å²) in [6, 6.07) is 0.486. The van der Waals surface area contributed by atoms with Crippen LogP contribution in [0.2, 0.25) is 0 Å². The normalized spacial score (nSPS) is 23.3. The van der Waals surface area contributed by atoms with E-state index in [0.717, 1.165) is 6.54 Å². The Morgan fingerprint density at radius 1 is 1.42 bits per heavy atom. The molecule has 0 N–H and O–H groups in total. The second kappa shape index (κ2) is 3.30. The fourth-order valence-electron chi connectivity index (χ4n) is 1.50. The number of likely N-dealkylation sites (N-methyl/N-ethyl adjacent to an activating group) is 1. The van der Waals surface area contributed by atoms with Crippen molar-refractivity contribution < 1.29 is 0 Å². The van der Waals surface area contributed by atoms with E-state index in [9.17, 15) is 0 Å². The van der Waals surface area contributed by atoms with E-state index in [2.05, 4.69) is 43.7 Å². The van der Waals surface area contributed by atoms with E-state index in [-0.39, 0.29) is 0 Å². The first-order valence-corrected chi connectivity index (χ1v) is 4.51. The van der Waals surface area contributed by atoms with Gasteiger partial charge < -0.3 is 4.90 Å². The molecule has 0 aromatic rings. The molecule has 0 spiro atoms. The van der Waals surface area contributed by atoms with Crippen LogP contribution in [0.1, 0.15) is 27.7 Å². The van der Waals surface area contributed by atoms with Crippen molar-refractivity contribution in [3.05, 3.63) is 12.3 Å². The van der Waals surface area contributed by atoms with Crippen molar-refractivity contribution in [2.75, 3.05) is 6.54 Å². The Morgan fingerprint density at radius 2 is 2.08 bits per heavy atom. The maximum atomic E-state index is 4.11. The third-order valence-corrected chi connectivity index (χ3v) is 2.18. The molecule has 68 valence electrons. The van der Waals surface area contributed by atoms with Gasteiger partial charge in [-0.05, 0) is 18.4 Å². The summed E-state index contributed by atoms with van der Waals surface area (Å²) in [6.45, 7) is 9.94. The second-order valence-electron chi connectivity index (χ2n) is 4.25. The van der Waals surface area contributed by atoms with Gasteiger partial charge in [-0.3, -0.25) is 0 Å². The van der Waals surface area contributed by atoms with Crippen LogP contribution in [0.15, 0.2) is 17.3 Å². The fourth-order valence-corrected chi connectivity index (χ4v) is 1.50. The fraction of sp³-hybridized carbons (Fsp3) is 0.700. The maximum Gasteiger partial charge on any atom is 0.0909 e. The highest BCUT2D eigenvalue weighted by molar-refractivity contribution is 5.58. The van der Waals surface area contributed by atoms with E-state index in [1.807, 2.05) is 12.5 Å². The van der Waals surface area contributed by atoms with Gasteiger partial charge >= 0.3 is 0 Å². The van der Waals surface area contributed by atoms with Crippen molar-refractivity contribution in [2.45, 2.75) is 33.7 Å². The molecule has 0 saturated carbocycles. The van der Waals surface area contributed by atoms with Crippen molar-refractivity contribution in [1.82, 2.24) is 4.90 Å². The average molecular weight is 166 g/mol. The molecule has 0 saturated heterocycles. The summed E-state index contributed by atoms with van der Waals surface area (Å²) in [5, 5.41) is 0. The van der Waals surface area contributed by atoms with E-state index in [0.29, 0.717) is 11.5 Å². The highest BCUT2D eigenvalue weighted by Crippen LogP contribution is 2.25. The van der Waals surface area contributed by atoms with Crippen LogP contribution < -0.4 is 0 Å². The molecule has 1 rings (SSSR count). The predicted octanol–water partition coefficient (Wildman–Crippen LogP) is 2.28. The van der Waals surface area contributed by atoms with E-state index in [1.165, 1.54) is 0 Å². The minimum atomic E-state index is 0.291. The van der Waals surface area contributed by atoms with Gasteiger partial charge in [0.05, 0.1) is 12.4 Å². The summed E-state index contributed by atoms with van der Waals surface area (Å²) in [5.41, 5.74) is 0.291. The highest BCUT2D eigenvalue weighted by Gasteiger charge is 2.26. The summed E-state index contributed by atoms with van der Waals surface area (Å²) >= 11 is 0. The highest BCUT2D eigenvalue weighted by atomic mass is 15.2. The van der Waals surface area contributed by atoms with Gasteiger partial charge in [0.25, 0.3) is 0 Å². The SMILES string of the molecule is CCN1C=NC=CC1C(C)(C)C. The molecule has 1 aliphatic rings. The zero-order valence-electron chi connectivity index (χ0n) is 8.41. The van der Waals surface area contributed by atoms with Gasteiger partial charge in [-0.1, -0.05) is 20.8 Å². The Bertz CT molecular complexity index is 198. The number of rotatable bonds is 1. The van der Waals surface area contributed by atoms with Crippen LogP contribution in [0.3, 0.4) is 0 Å². The topological polar surface area (TPSA) is 15.6 Å². The Hall–Kier alpha value is -0.790. The van der Waals surface area contributed by atoms with E-state index in [1.54, 1.807) is 0 Å². The lowest BCUT2D eigenvalue weighted by Gasteiger charge is -2.37. The molecule has 12 heavy (non-hydrogen) atoms. The Balaban J connectivity index is 2.76. The Labute approximate surface area is 75.0 Å². The quantitative estimate of drug-likeness (QED) is 0.583. The molecule has 0 aromatic carbocycles. The van der Waals surface area contributed by atoms with Crippen LogP contribution in [-0.2, 0) is 0 Å². The smallest absolute Gasteiger partial charge is 0.0909 e. The first kappa shape index (κ1) is 9.30. The molecule has 0 radical (unpaired) electrons. The molecule has 1 atom stereocenters. The molecule has 0 aliphatic carbocycles. The van der Waals surface area contributed by atoms with Gasteiger partial charge in [-0.25, -0.2) is 4.99 Å². The van der Waals surface area contributed by atoms with Crippen molar-refractivity contribution in [1.29, 1.82) is 0 Å². The van der Waals surface area contributed by atoms with Crippen LogP contribution in [0.25, 0.3) is 0 Å². The molecule has 2 nitrogen and oxygen atoms in total. The van der Waals surface area contributed by atoms with Gasteiger partial charge in [-0.15, -0.1) is 0 Å². The minimum Gasteiger partial charge on any atom is -0.356 e. The van der Waals surface area contributed by atoms with Gasteiger partial charge in [0.2, 0.25) is 0 Å². The number of aliphatic imine (C=N–C) groups is 1. The molecular weight excluding hydrogens is 148 g/mol. The van der Waals surface area contributed by atoms with Gasteiger partial charge in [0.1, 0.15) is 0 Å². The molecule has 0 fully saturated rings. The van der Waals surface area contributed by atoms with Gasteiger partial charge in [-0.2, -0.15) is 0 Å². The molecule has 1 unspecified atom stereocenters. The zero-order chi connectivity index (χ0) is 9.19. The minimum absolute atomic E-state index is 0.291. The Kier molecular flexibility index (Phi) is 2.55. The van der Waals surface area contributed by atoms with Crippen LogP contribution in [-0.4, -0.2) is 23.8 Å². The number of hydrogen-bond donors (Lipinski definition) is 0. The van der Waals surface area contributed by atoms with E-state index in [4.69, 9.17) is 0 Å². The summed E-state index contributed by atoms with van der Waals surface area (Å²) in [7, 11) is 0. The van der Waals surface area contributed by atoms with E-state index < -0.39 is 0 Å². The molecule has 1 aliphatic heterocycles. The van der Waals surface area contributed by atoms with Gasteiger partial charge in [0.15, 0.2) is 0 Å². The number of nitrogens with zero attached hydrogens (tertiary/aromatic N) is 2. The average Bonchev–Trinajstić information content (AvgIpc) is 2.03. The summed E-state index contributed by atoms with van der Waals surface area (Å²) in [4.78, 5) is 6.38. The molecule has 1 heterocycles. The molecular formula is C10H18N2. The third-order valence-electron chi connectivity index (χ3n) is 2.18. The second-order valence-corrected chi connectivity index (χ2v) is 4.25. The van der Waals surface area contributed by atoms with Gasteiger partial charge in [0, 0.05) is 12.7 Å². The third kappa shape index (κ3) is 1.87. The van der Waals surface area contributed by atoms with Crippen LogP contribution in [0, 0.1) is 5.41 Å². The van der Waals surface area contributed by atoms with Crippen molar-refractivity contribution in [2.24, 2.45) is 10.4 Å². The lowest BCUT2D eigenvalue weighted by molar-refractivity contribution is 0.217. The predicted molar refractivity (Wildman–Crippen MR) is 53.3 cm³/mol.